The Balaban J connectivity index is 2.08. The van der Waals surface area contributed by atoms with E-state index in [9.17, 15) is 20.0 Å². The molecule has 114 valence electrons. The molecular weight excluding hydrogens is 272 g/mol. The Morgan fingerprint density at radius 1 is 1.33 bits per heavy atom. The first-order chi connectivity index (χ1) is 10.2. The second-order valence-electron chi connectivity index (χ2n) is 5.52. The highest BCUT2D eigenvalue weighted by molar-refractivity contribution is 5.79. The molecule has 0 bridgehead atoms. The lowest BCUT2D eigenvalue weighted by molar-refractivity contribution is -0.384. The minimum Gasteiger partial charge on any atom is -0.396 e. The number of nitrogens with zero attached hydrogens (tertiary/aromatic N) is 1. The van der Waals surface area contributed by atoms with Gasteiger partial charge in [-0.2, -0.15) is 0 Å². The van der Waals surface area contributed by atoms with Crippen LogP contribution in [0.25, 0.3) is 0 Å². The normalized spacial score (nSPS) is 21.8. The van der Waals surface area contributed by atoms with Gasteiger partial charge < -0.3 is 10.4 Å². The van der Waals surface area contributed by atoms with E-state index in [1.807, 2.05) is 0 Å². The number of carbonyl (C=O) groups excluding carboxylic acids is 1. The number of rotatable bonds is 6. The van der Waals surface area contributed by atoms with Crippen LogP contribution in [0.3, 0.4) is 0 Å². The molecule has 21 heavy (non-hydrogen) atoms. The Hall–Kier alpha value is -1.95. The number of anilines is 1. The molecule has 2 N–H and O–H groups in total. The number of hydrogen-bond donors (Lipinski definition) is 2. The zero-order chi connectivity index (χ0) is 15.2. The minimum atomic E-state index is -0.486. The molecule has 1 fully saturated rings. The molecule has 2 unspecified atom stereocenters. The lowest BCUT2D eigenvalue weighted by Crippen LogP contribution is -2.28. The van der Waals surface area contributed by atoms with Gasteiger partial charge in [0.05, 0.1) is 4.92 Å². The van der Waals surface area contributed by atoms with Crippen molar-refractivity contribution in [3.8, 4) is 0 Å². The lowest BCUT2D eigenvalue weighted by atomic mass is 9.79. The van der Waals surface area contributed by atoms with Crippen LogP contribution in [0.4, 0.5) is 11.4 Å². The third-order valence-electron chi connectivity index (χ3n) is 4.21. The number of nitro groups is 1. The van der Waals surface area contributed by atoms with Crippen molar-refractivity contribution in [3.05, 3.63) is 33.9 Å². The Bertz CT molecular complexity index is 518. The number of aldehydes is 1. The first kappa shape index (κ1) is 15.4. The Morgan fingerprint density at radius 2 is 2.05 bits per heavy atom. The highest BCUT2D eigenvalue weighted by Gasteiger charge is 2.25. The first-order valence-corrected chi connectivity index (χ1v) is 7.24. The quantitative estimate of drug-likeness (QED) is 0.477. The van der Waals surface area contributed by atoms with Crippen molar-refractivity contribution >= 4 is 17.7 Å². The number of carbonyl (C=O) groups is 1. The van der Waals surface area contributed by atoms with Gasteiger partial charge in [0.1, 0.15) is 12.0 Å². The molecule has 2 atom stereocenters. The molecule has 1 aromatic rings. The second-order valence-corrected chi connectivity index (χ2v) is 5.52. The van der Waals surface area contributed by atoms with E-state index >= 15 is 0 Å². The summed E-state index contributed by atoms with van der Waals surface area (Å²) in [5.41, 5.74) is 0.627. The zero-order valence-electron chi connectivity index (χ0n) is 11.8. The van der Waals surface area contributed by atoms with E-state index in [0.717, 1.165) is 25.7 Å². The summed E-state index contributed by atoms with van der Waals surface area (Å²) in [6.45, 7) is 0.769. The first-order valence-electron chi connectivity index (χ1n) is 7.24. The van der Waals surface area contributed by atoms with Crippen LogP contribution in [0.1, 0.15) is 36.0 Å². The largest absolute Gasteiger partial charge is 0.396 e. The van der Waals surface area contributed by atoms with Gasteiger partial charge in [0, 0.05) is 24.8 Å². The molecule has 0 amide bonds. The van der Waals surface area contributed by atoms with Crippen molar-refractivity contribution in [1.82, 2.24) is 0 Å². The molecule has 0 aliphatic heterocycles. The topological polar surface area (TPSA) is 92.5 Å². The molecule has 0 saturated heterocycles. The third-order valence-corrected chi connectivity index (χ3v) is 4.21. The summed E-state index contributed by atoms with van der Waals surface area (Å²) in [5, 5.41) is 23.6. The van der Waals surface area contributed by atoms with Crippen LogP contribution in [-0.4, -0.2) is 29.5 Å². The summed E-state index contributed by atoms with van der Waals surface area (Å²) in [7, 11) is 0. The molecule has 1 saturated carbocycles. The van der Waals surface area contributed by atoms with Gasteiger partial charge in [0.25, 0.3) is 5.69 Å². The van der Waals surface area contributed by atoms with Crippen LogP contribution in [-0.2, 0) is 0 Å². The Kier molecular flexibility index (Phi) is 5.27. The molecule has 2 rings (SSSR count). The van der Waals surface area contributed by atoms with Crippen molar-refractivity contribution in [3.63, 3.8) is 0 Å². The summed E-state index contributed by atoms with van der Waals surface area (Å²) < 4.78 is 0. The molecule has 1 aliphatic carbocycles. The highest BCUT2D eigenvalue weighted by atomic mass is 16.6. The Morgan fingerprint density at radius 3 is 2.67 bits per heavy atom. The molecule has 0 heterocycles. The molecule has 6 heteroatoms. The van der Waals surface area contributed by atoms with Gasteiger partial charge in [-0.05, 0) is 36.8 Å². The van der Waals surface area contributed by atoms with E-state index in [-0.39, 0.29) is 23.8 Å². The van der Waals surface area contributed by atoms with Gasteiger partial charge in [0.15, 0.2) is 0 Å². The number of benzene rings is 1. The molecule has 1 aromatic carbocycles. The van der Waals surface area contributed by atoms with E-state index < -0.39 is 4.92 Å². The molecule has 0 radical (unpaired) electrons. The van der Waals surface area contributed by atoms with Gasteiger partial charge in [0.2, 0.25) is 0 Å². The molecule has 0 spiro atoms. The van der Waals surface area contributed by atoms with E-state index in [1.165, 1.54) is 6.07 Å². The van der Waals surface area contributed by atoms with E-state index in [1.54, 1.807) is 12.1 Å². The lowest BCUT2D eigenvalue weighted by Gasteiger charge is -2.30. The van der Waals surface area contributed by atoms with Gasteiger partial charge in [-0.3, -0.25) is 14.9 Å². The van der Waals surface area contributed by atoms with Gasteiger partial charge in [-0.15, -0.1) is 0 Å². The van der Waals surface area contributed by atoms with Crippen LogP contribution in [0, 0.1) is 22.0 Å². The maximum absolute atomic E-state index is 11.1. The van der Waals surface area contributed by atoms with Crippen molar-refractivity contribution in [2.24, 2.45) is 11.8 Å². The van der Waals surface area contributed by atoms with Crippen LogP contribution in [0.5, 0.6) is 0 Å². The maximum atomic E-state index is 11.1. The number of nitrogens with one attached hydrogen (secondary N) is 1. The van der Waals surface area contributed by atoms with E-state index in [2.05, 4.69) is 5.32 Å². The van der Waals surface area contributed by atoms with Crippen molar-refractivity contribution in [2.45, 2.75) is 25.7 Å². The van der Waals surface area contributed by atoms with E-state index in [4.69, 9.17) is 0 Å². The predicted molar refractivity (Wildman–Crippen MR) is 79.5 cm³/mol. The fourth-order valence-corrected chi connectivity index (χ4v) is 2.96. The predicted octanol–water partition coefficient (Wildman–Crippen LogP) is 2.62. The SMILES string of the molecule is O=Cc1ccc(NCC2CCCCC2CO)c([N+](=O)[O-])c1. The maximum Gasteiger partial charge on any atom is 0.293 e. The molecule has 0 aromatic heterocycles. The van der Waals surface area contributed by atoms with Crippen LogP contribution in [0.15, 0.2) is 18.2 Å². The number of nitro benzene ring substituents is 1. The van der Waals surface area contributed by atoms with Gasteiger partial charge in [-0.25, -0.2) is 0 Å². The summed E-state index contributed by atoms with van der Waals surface area (Å²) in [5.74, 6) is 0.591. The molecule has 6 nitrogen and oxygen atoms in total. The van der Waals surface area contributed by atoms with Crippen LogP contribution < -0.4 is 5.32 Å². The van der Waals surface area contributed by atoms with Crippen molar-refractivity contribution in [1.29, 1.82) is 0 Å². The van der Waals surface area contributed by atoms with Crippen molar-refractivity contribution < 1.29 is 14.8 Å². The molecular formula is C15H20N2O4. The van der Waals surface area contributed by atoms with Gasteiger partial charge in [-0.1, -0.05) is 12.8 Å². The smallest absolute Gasteiger partial charge is 0.293 e. The minimum absolute atomic E-state index is 0.0871. The number of aliphatic hydroxyl groups excluding tert-OH is 1. The Labute approximate surface area is 123 Å². The summed E-state index contributed by atoms with van der Waals surface area (Å²) in [4.78, 5) is 21.3. The third kappa shape index (κ3) is 3.78. The van der Waals surface area contributed by atoms with Crippen molar-refractivity contribution in [2.75, 3.05) is 18.5 Å². The zero-order valence-corrected chi connectivity index (χ0v) is 11.8. The molecule has 1 aliphatic rings. The summed E-state index contributed by atoms with van der Waals surface area (Å²) >= 11 is 0. The highest BCUT2D eigenvalue weighted by Crippen LogP contribution is 2.31. The van der Waals surface area contributed by atoms with E-state index in [0.29, 0.717) is 24.4 Å². The summed E-state index contributed by atoms with van der Waals surface area (Å²) in [6.07, 6.45) is 4.90. The fraction of sp³-hybridized carbons (Fsp3) is 0.533. The average Bonchev–Trinajstić information content (AvgIpc) is 2.52. The van der Waals surface area contributed by atoms with Crippen LogP contribution >= 0.6 is 0 Å². The average molecular weight is 292 g/mol. The monoisotopic (exact) mass is 292 g/mol. The number of hydrogen-bond acceptors (Lipinski definition) is 5. The second kappa shape index (κ2) is 7.17. The van der Waals surface area contributed by atoms with Crippen LogP contribution in [0.2, 0.25) is 0 Å². The van der Waals surface area contributed by atoms with Gasteiger partial charge >= 0.3 is 0 Å². The number of aliphatic hydroxyl groups is 1. The fourth-order valence-electron chi connectivity index (χ4n) is 2.96. The standard InChI is InChI=1S/C15H20N2O4/c18-9-11-5-6-14(15(7-11)17(20)21)16-8-12-3-1-2-4-13(12)10-19/h5-7,9,12-13,16,19H,1-4,8,10H2. The summed E-state index contributed by atoms with van der Waals surface area (Å²) in [6, 6.07) is 4.41.